The second-order valence-electron chi connectivity index (χ2n) is 6.44. The van der Waals surface area contributed by atoms with Gasteiger partial charge in [0.25, 0.3) is 0 Å². The SMILES string of the molecule is O=C(CSc1nnc(-c2ccco2)n1-c1ccccc1Cl)NCCc1ccccc1. The molecular formula is C22H19ClN4O2S. The van der Waals surface area contributed by atoms with Crippen LogP contribution in [0, 0.1) is 0 Å². The summed E-state index contributed by atoms with van der Waals surface area (Å²) in [6.45, 7) is 0.582. The molecule has 0 bridgehead atoms. The van der Waals surface area contributed by atoms with Crippen molar-refractivity contribution < 1.29 is 9.21 Å². The van der Waals surface area contributed by atoms with E-state index in [0.717, 1.165) is 12.1 Å². The maximum atomic E-state index is 12.3. The monoisotopic (exact) mass is 438 g/mol. The van der Waals surface area contributed by atoms with Gasteiger partial charge < -0.3 is 9.73 Å². The Hall–Kier alpha value is -3.03. The third kappa shape index (κ3) is 4.75. The number of amides is 1. The molecule has 6 nitrogen and oxygen atoms in total. The van der Waals surface area contributed by atoms with Crippen molar-refractivity contribution in [1.82, 2.24) is 20.1 Å². The van der Waals surface area contributed by atoms with Crippen LogP contribution in [0.4, 0.5) is 0 Å². The molecule has 152 valence electrons. The van der Waals surface area contributed by atoms with Gasteiger partial charge in [0, 0.05) is 6.54 Å². The molecule has 0 saturated carbocycles. The van der Waals surface area contributed by atoms with E-state index in [2.05, 4.69) is 15.5 Å². The van der Waals surface area contributed by atoms with E-state index >= 15 is 0 Å². The molecule has 0 unspecified atom stereocenters. The van der Waals surface area contributed by atoms with Crippen LogP contribution in [-0.4, -0.2) is 33.0 Å². The van der Waals surface area contributed by atoms with E-state index < -0.39 is 0 Å². The fraction of sp³-hybridized carbons (Fsp3) is 0.136. The number of carbonyl (C=O) groups is 1. The highest BCUT2D eigenvalue weighted by Gasteiger charge is 2.20. The number of nitrogens with one attached hydrogen (secondary N) is 1. The highest BCUT2D eigenvalue weighted by molar-refractivity contribution is 7.99. The van der Waals surface area contributed by atoms with Crippen molar-refractivity contribution in [3.8, 4) is 17.3 Å². The molecule has 1 N–H and O–H groups in total. The minimum Gasteiger partial charge on any atom is -0.461 e. The van der Waals surface area contributed by atoms with E-state index in [-0.39, 0.29) is 11.7 Å². The Labute approximate surface area is 183 Å². The topological polar surface area (TPSA) is 73.0 Å². The lowest BCUT2D eigenvalue weighted by molar-refractivity contribution is -0.118. The van der Waals surface area contributed by atoms with E-state index in [4.69, 9.17) is 16.0 Å². The van der Waals surface area contributed by atoms with Crippen molar-refractivity contribution >= 4 is 29.3 Å². The Morgan fingerprint density at radius 3 is 2.60 bits per heavy atom. The molecule has 0 spiro atoms. The van der Waals surface area contributed by atoms with E-state index in [1.807, 2.05) is 59.2 Å². The van der Waals surface area contributed by atoms with Gasteiger partial charge >= 0.3 is 0 Å². The molecule has 2 heterocycles. The van der Waals surface area contributed by atoms with Gasteiger partial charge in [-0.25, -0.2) is 0 Å². The van der Waals surface area contributed by atoms with Gasteiger partial charge in [0.2, 0.25) is 11.7 Å². The van der Waals surface area contributed by atoms with Crippen LogP contribution in [0.5, 0.6) is 0 Å². The van der Waals surface area contributed by atoms with Crippen LogP contribution < -0.4 is 5.32 Å². The van der Waals surface area contributed by atoms with E-state index in [1.54, 1.807) is 18.4 Å². The predicted molar refractivity (Wildman–Crippen MR) is 118 cm³/mol. The zero-order chi connectivity index (χ0) is 20.8. The zero-order valence-corrected chi connectivity index (χ0v) is 17.6. The number of carbonyl (C=O) groups excluding carboxylic acids is 1. The maximum Gasteiger partial charge on any atom is 0.230 e. The van der Waals surface area contributed by atoms with Crippen molar-refractivity contribution in [1.29, 1.82) is 0 Å². The lowest BCUT2D eigenvalue weighted by Crippen LogP contribution is -2.27. The fourth-order valence-electron chi connectivity index (χ4n) is 2.95. The molecule has 8 heteroatoms. The Kier molecular flexibility index (Phi) is 6.51. The van der Waals surface area contributed by atoms with Gasteiger partial charge in [0.15, 0.2) is 10.9 Å². The van der Waals surface area contributed by atoms with Crippen LogP contribution in [0.1, 0.15) is 5.56 Å². The molecule has 2 aromatic heterocycles. The predicted octanol–water partition coefficient (Wildman–Crippen LogP) is 4.63. The highest BCUT2D eigenvalue weighted by Crippen LogP contribution is 2.31. The number of aromatic nitrogens is 3. The molecule has 0 aliphatic rings. The van der Waals surface area contributed by atoms with Crippen molar-refractivity contribution in [3.63, 3.8) is 0 Å². The average Bonchev–Trinajstić information content (AvgIpc) is 3.43. The summed E-state index contributed by atoms with van der Waals surface area (Å²) in [5.41, 5.74) is 1.91. The summed E-state index contributed by atoms with van der Waals surface area (Å²) in [4.78, 5) is 12.3. The van der Waals surface area contributed by atoms with Crippen molar-refractivity contribution in [2.24, 2.45) is 0 Å². The van der Waals surface area contributed by atoms with Crippen LogP contribution in [0.25, 0.3) is 17.3 Å². The van der Waals surface area contributed by atoms with Gasteiger partial charge in [0.1, 0.15) is 0 Å². The molecule has 0 aliphatic heterocycles. The number of para-hydroxylation sites is 1. The summed E-state index contributed by atoms with van der Waals surface area (Å²) in [7, 11) is 0. The summed E-state index contributed by atoms with van der Waals surface area (Å²) < 4.78 is 7.31. The van der Waals surface area contributed by atoms with Crippen LogP contribution in [0.2, 0.25) is 5.02 Å². The molecule has 4 rings (SSSR count). The van der Waals surface area contributed by atoms with E-state index in [1.165, 1.54) is 17.3 Å². The van der Waals surface area contributed by atoms with Crippen LogP contribution >= 0.6 is 23.4 Å². The molecule has 0 atom stereocenters. The summed E-state index contributed by atoms with van der Waals surface area (Å²) in [6.07, 6.45) is 2.36. The third-order valence-corrected chi connectivity index (χ3v) is 5.63. The molecule has 0 saturated heterocycles. The Morgan fingerprint density at radius 2 is 1.83 bits per heavy atom. The van der Waals surface area contributed by atoms with Gasteiger partial charge in [-0.3, -0.25) is 9.36 Å². The van der Waals surface area contributed by atoms with Gasteiger partial charge in [0.05, 0.1) is 22.7 Å². The summed E-state index contributed by atoms with van der Waals surface area (Å²) in [5.74, 6) is 1.25. The molecule has 0 fully saturated rings. The van der Waals surface area contributed by atoms with Crippen LogP contribution in [0.3, 0.4) is 0 Å². The maximum absolute atomic E-state index is 12.3. The first-order valence-corrected chi connectivity index (χ1v) is 10.8. The number of hydrogen-bond acceptors (Lipinski definition) is 5. The molecule has 30 heavy (non-hydrogen) atoms. The zero-order valence-electron chi connectivity index (χ0n) is 16.0. The number of nitrogens with zero attached hydrogens (tertiary/aromatic N) is 3. The summed E-state index contributed by atoms with van der Waals surface area (Å²) >= 11 is 7.71. The number of benzene rings is 2. The molecule has 0 aliphatic carbocycles. The molecule has 4 aromatic rings. The minimum atomic E-state index is -0.0656. The molecule has 0 radical (unpaired) electrons. The van der Waals surface area contributed by atoms with Crippen molar-refractivity contribution in [3.05, 3.63) is 83.6 Å². The van der Waals surface area contributed by atoms with Crippen molar-refractivity contribution in [2.45, 2.75) is 11.6 Å². The Morgan fingerprint density at radius 1 is 1.03 bits per heavy atom. The lowest BCUT2D eigenvalue weighted by Gasteiger charge is -2.11. The number of rotatable bonds is 8. The standard InChI is InChI=1S/C22H19ClN4O2S/c23-17-9-4-5-10-18(17)27-21(19-11-6-14-29-19)25-26-22(27)30-15-20(28)24-13-12-16-7-2-1-3-8-16/h1-11,14H,12-13,15H2,(H,24,28). The smallest absolute Gasteiger partial charge is 0.230 e. The number of halogens is 1. The van der Waals surface area contributed by atoms with Gasteiger partial charge in [-0.2, -0.15) is 0 Å². The number of thioether (sulfide) groups is 1. The fourth-order valence-corrected chi connectivity index (χ4v) is 3.95. The summed E-state index contributed by atoms with van der Waals surface area (Å²) in [5, 5.41) is 12.6. The number of furan rings is 1. The first-order chi connectivity index (χ1) is 14.7. The van der Waals surface area contributed by atoms with Gasteiger partial charge in [-0.05, 0) is 36.2 Å². The number of hydrogen-bond donors (Lipinski definition) is 1. The summed E-state index contributed by atoms with van der Waals surface area (Å²) in [6, 6.07) is 21.1. The minimum absolute atomic E-state index is 0.0656. The van der Waals surface area contributed by atoms with Crippen molar-refractivity contribution in [2.75, 3.05) is 12.3 Å². The van der Waals surface area contributed by atoms with E-state index in [9.17, 15) is 4.79 Å². The van der Waals surface area contributed by atoms with E-state index in [0.29, 0.717) is 28.3 Å². The largest absolute Gasteiger partial charge is 0.461 e. The third-order valence-electron chi connectivity index (χ3n) is 4.38. The molecule has 2 aromatic carbocycles. The second kappa shape index (κ2) is 9.65. The first kappa shape index (κ1) is 20.3. The highest BCUT2D eigenvalue weighted by atomic mass is 35.5. The van der Waals surface area contributed by atoms with Gasteiger partial charge in [-0.15, -0.1) is 10.2 Å². The molecule has 1 amide bonds. The Bertz CT molecular complexity index is 1110. The quantitative estimate of drug-likeness (QED) is 0.406. The lowest BCUT2D eigenvalue weighted by atomic mass is 10.1. The second-order valence-corrected chi connectivity index (χ2v) is 7.79. The Balaban J connectivity index is 1.46. The molecular weight excluding hydrogens is 420 g/mol. The normalized spacial score (nSPS) is 10.8. The van der Waals surface area contributed by atoms with Crippen LogP contribution in [-0.2, 0) is 11.2 Å². The average molecular weight is 439 g/mol. The first-order valence-electron chi connectivity index (χ1n) is 9.40. The van der Waals surface area contributed by atoms with Crippen LogP contribution in [0.15, 0.2) is 82.6 Å². The van der Waals surface area contributed by atoms with Gasteiger partial charge in [-0.1, -0.05) is 65.8 Å².